The summed E-state index contributed by atoms with van der Waals surface area (Å²) in [5.41, 5.74) is 35.9. The van der Waals surface area contributed by atoms with Gasteiger partial charge in [0.15, 0.2) is 5.82 Å². The van der Waals surface area contributed by atoms with Crippen LogP contribution in [0.1, 0.15) is 117 Å². The highest BCUT2D eigenvalue weighted by Crippen LogP contribution is 2.71. The Morgan fingerprint density at radius 3 is 0.890 bits per heavy atom. The van der Waals surface area contributed by atoms with Crippen LogP contribution in [-0.4, -0.2) is 38.3 Å². The Kier molecular flexibility index (Phi) is 15.6. The second kappa shape index (κ2) is 26.2. The minimum Gasteiger partial charge on any atom is -0.399 e. The molecule has 0 atom stereocenters. The summed E-state index contributed by atoms with van der Waals surface area (Å²) in [6.07, 6.45) is 0. The number of para-hydroxylation sites is 2. The first-order chi connectivity index (χ1) is 58.0. The number of hydrogen-bond donors (Lipinski definition) is 0. The van der Waals surface area contributed by atoms with Crippen molar-refractivity contribution in [2.45, 2.75) is 60.6 Å². The predicted octanol–water partition coefficient (Wildman–Crippen LogP) is 25.0. The van der Waals surface area contributed by atoms with Gasteiger partial charge < -0.3 is 9.31 Å². The topological polar surface area (TPSA) is 70.0 Å². The Bertz CT molecular complexity index is 7020. The number of hydrogen-bond acceptors (Lipinski definition) is 6. The lowest BCUT2D eigenvalue weighted by molar-refractivity contribution is 0.00578. The van der Waals surface area contributed by atoms with Crippen LogP contribution in [0.4, 0.5) is 0 Å². The van der Waals surface area contributed by atoms with Crippen molar-refractivity contribution in [2.24, 2.45) is 0 Å². The molecule has 7 aliphatic rings. The van der Waals surface area contributed by atoms with Crippen molar-refractivity contribution in [3.63, 3.8) is 0 Å². The summed E-state index contributed by atoms with van der Waals surface area (Å²) in [6.45, 7) is 8.61. The highest BCUT2D eigenvalue weighted by atomic mass is 35.5. The molecule has 558 valence electrons. The van der Waals surface area contributed by atoms with E-state index in [0.717, 1.165) is 61.2 Å². The summed E-state index contributed by atoms with van der Waals surface area (Å²) in [6, 6.07) is 142. The van der Waals surface area contributed by atoms with E-state index in [4.69, 9.17) is 30.9 Å². The highest BCUT2D eigenvalue weighted by Gasteiger charge is 2.64. The smallest absolute Gasteiger partial charge is 0.399 e. The minimum atomic E-state index is -0.630. The molecule has 16 aromatic carbocycles. The van der Waals surface area contributed by atoms with Crippen LogP contribution in [0.3, 0.4) is 0 Å². The molecule has 0 saturated carbocycles. The molecular weight excluding hydrogens is 1460 g/mol. The van der Waals surface area contributed by atoms with Crippen molar-refractivity contribution >= 4 is 46.0 Å². The van der Waals surface area contributed by atoms with Crippen molar-refractivity contribution in [1.29, 1.82) is 0 Å². The van der Waals surface area contributed by atoms with E-state index in [0.29, 0.717) is 0 Å². The van der Waals surface area contributed by atoms with Gasteiger partial charge in [0.25, 0.3) is 0 Å². The van der Waals surface area contributed by atoms with Gasteiger partial charge in [-0.05, 0) is 190 Å². The van der Waals surface area contributed by atoms with E-state index in [1.54, 1.807) is 0 Å². The Hall–Kier alpha value is -13.5. The molecule has 1 fully saturated rings. The number of halogens is 1. The van der Waals surface area contributed by atoms with Gasteiger partial charge in [0.1, 0.15) is 0 Å². The molecule has 0 unspecified atom stereocenters. The molecule has 6 nitrogen and oxygen atoms in total. The van der Waals surface area contributed by atoms with Gasteiger partial charge in [0, 0.05) is 27.5 Å². The zero-order chi connectivity index (χ0) is 78.9. The fourth-order valence-electron chi connectivity index (χ4n) is 21.9. The lowest BCUT2D eigenvalue weighted by atomic mass is 9.49. The molecule has 8 heteroatoms. The van der Waals surface area contributed by atoms with Gasteiger partial charge in [0.05, 0.1) is 55.3 Å². The minimum absolute atomic E-state index is 0.280. The van der Waals surface area contributed by atoms with Crippen LogP contribution in [0.25, 0.3) is 100 Å². The Labute approximate surface area is 692 Å². The fourth-order valence-corrected chi connectivity index (χ4v) is 22.0. The van der Waals surface area contributed by atoms with Crippen LogP contribution in [0.5, 0.6) is 0 Å². The summed E-state index contributed by atoms with van der Waals surface area (Å²) in [4.78, 5) is 19.6. The van der Waals surface area contributed by atoms with Crippen molar-refractivity contribution in [1.82, 2.24) is 19.9 Å². The number of fused-ring (bicyclic) bond motifs is 34. The molecule has 0 amide bonds. The lowest BCUT2D eigenvalue weighted by Crippen LogP contribution is -2.50. The number of rotatable bonds is 4. The summed E-state index contributed by atoms with van der Waals surface area (Å²) in [5, 5.41) is 2.34. The van der Waals surface area contributed by atoms with Crippen molar-refractivity contribution in [3.05, 3.63) is 483 Å². The van der Waals surface area contributed by atoms with E-state index in [-0.39, 0.29) is 5.28 Å². The van der Waals surface area contributed by atoms with E-state index in [1.807, 2.05) is 54.6 Å². The molecule has 3 heterocycles. The van der Waals surface area contributed by atoms with E-state index >= 15 is 0 Å². The summed E-state index contributed by atoms with van der Waals surface area (Å²) >= 11 is 5.95. The first-order valence-electron chi connectivity index (χ1n) is 40.9. The zero-order valence-electron chi connectivity index (χ0n) is 65.5. The van der Waals surface area contributed by atoms with Gasteiger partial charge in [-0.1, -0.05) is 376 Å². The van der Waals surface area contributed by atoms with Gasteiger partial charge in [-0.2, -0.15) is 0 Å². The zero-order valence-corrected chi connectivity index (χ0v) is 66.3. The molecule has 4 spiro atoms. The number of benzene rings is 16. The third-order valence-corrected chi connectivity index (χ3v) is 27.2. The maximum absolute atomic E-state index is 6.95. The van der Waals surface area contributed by atoms with Crippen LogP contribution >= 0.6 is 11.6 Å². The van der Waals surface area contributed by atoms with Gasteiger partial charge in [0.2, 0.25) is 5.28 Å². The number of nitrogens with zero attached hydrogens (tertiary/aromatic N) is 4. The van der Waals surface area contributed by atoms with Gasteiger partial charge in [-0.3, -0.25) is 0 Å². The Morgan fingerprint density at radius 2 is 0.500 bits per heavy atom. The first-order valence-corrected chi connectivity index (χ1v) is 41.3. The number of aromatic nitrogens is 4. The van der Waals surface area contributed by atoms with Gasteiger partial charge in [-0.25, -0.2) is 19.9 Å². The molecule has 0 N–H and O–H groups in total. The summed E-state index contributed by atoms with van der Waals surface area (Å²) in [5.74, 6) is 0.736. The van der Waals surface area contributed by atoms with Crippen molar-refractivity contribution in [3.8, 4) is 78.4 Å². The largest absolute Gasteiger partial charge is 0.495 e. The average Bonchev–Trinajstić information content (AvgIpc) is 1.45. The Morgan fingerprint density at radius 1 is 0.229 bits per heavy atom. The van der Waals surface area contributed by atoms with Gasteiger partial charge >= 0.3 is 7.12 Å². The third-order valence-electron chi connectivity index (χ3n) is 27.0. The third kappa shape index (κ3) is 9.49. The summed E-state index contributed by atoms with van der Waals surface area (Å²) < 4.78 is 13.9. The average molecular weight is 1530 g/mol. The summed E-state index contributed by atoms with van der Waals surface area (Å²) in [7, 11) is -0.527. The van der Waals surface area contributed by atoms with E-state index in [9.17, 15) is 0 Å². The molecule has 2 aromatic heterocycles. The second-order valence-electron chi connectivity index (χ2n) is 33.0. The molecule has 1 aliphatic heterocycles. The molecule has 18 aromatic rings. The molecule has 118 heavy (non-hydrogen) atoms. The van der Waals surface area contributed by atoms with Crippen LogP contribution < -0.4 is 5.46 Å². The first kappa shape index (κ1) is 69.9. The maximum atomic E-state index is 6.95. The van der Waals surface area contributed by atoms with E-state index in [1.165, 1.54) is 134 Å². The van der Waals surface area contributed by atoms with Gasteiger partial charge in [-0.15, -0.1) is 0 Å². The monoisotopic (exact) mass is 1530 g/mol. The van der Waals surface area contributed by atoms with Crippen LogP contribution in [-0.2, 0) is 31.0 Å². The van der Waals surface area contributed by atoms with Crippen molar-refractivity contribution in [2.75, 3.05) is 0 Å². The highest BCUT2D eigenvalue weighted by molar-refractivity contribution is 6.63. The normalized spacial score (nSPS) is 15.8. The maximum Gasteiger partial charge on any atom is 0.495 e. The Balaban J connectivity index is 0.000000116. The quantitative estimate of drug-likeness (QED) is 0.129. The van der Waals surface area contributed by atoms with Crippen LogP contribution in [0.2, 0.25) is 5.28 Å². The van der Waals surface area contributed by atoms with E-state index in [2.05, 4.69) is 371 Å². The van der Waals surface area contributed by atoms with Crippen LogP contribution in [0, 0.1) is 0 Å². The molecule has 6 aliphatic carbocycles. The van der Waals surface area contributed by atoms with E-state index < -0.39 is 40.0 Å². The molecule has 1 saturated heterocycles. The SMILES string of the molecule is CC1(C)OB(c2cccc3c2C2(c4ccccc4-c4ccccc42)c2ccccc2C32c3ccccc3-c3ccccc32)OC1(C)C.Clc1nc(-c2ccccc2)c2ccccc2n1.c1ccc(-c2nc(-c3cccc4c3C3(c5ccccc5-c5ccccc53)c3ccccc3C43c4ccccc4-c4ccccc43)nc3ccccc23)cc1. The predicted molar refractivity (Wildman–Crippen MR) is 479 cm³/mol. The van der Waals surface area contributed by atoms with Crippen molar-refractivity contribution < 1.29 is 9.31 Å². The standard InChI is InChI=1S/C52H32N2.C44H35BO2.C14H9ClN2/c1-2-17-33(18-3-1)49-38-23-8-15-32-47(38)53-50(54-49)39-24-16-31-46-48(39)52(42-27-11-6-21-36(42)37-22-7-12-28-43(37)52)45-30-14-13-29-44(45)51(46)40-25-9-4-19-34(40)35-20-5-10-26-41(35)51;1-41(2)42(3,4)47-45(46-41)39-27-15-26-38-40(39)44(34-22-11-7-18-30(34)31-19-8-12-23-35(31)44)37-25-14-13-24-36(37)43(38)32-20-9-5-16-28(32)29-17-6-10-21-33(29)43;15-14-16-12-9-5-4-8-11(12)13(17-14)10-6-2-1-3-7-10/h1-32H;5-27H,1-4H3;1-9H. The molecular formula is C110H76BClN4O2. The molecule has 25 rings (SSSR count). The molecule has 0 bridgehead atoms. The molecule has 0 radical (unpaired) electrons. The second-order valence-corrected chi connectivity index (χ2v) is 33.4. The van der Waals surface area contributed by atoms with Crippen LogP contribution in [0.15, 0.2) is 388 Å². The lowest BCUT2D eigenvalue weighted by Gasteiger charge is -2.49. The fraction of sp³-hybridized carbons (Fsp3) is 0.0909.